The van der Waals surface area contributed by atoms with Crippen LogP contribution in [0.2, 0.25) is 0 Å². The van der Waals surface area contributed by atoms with E-state index in [1.165, 1.54) is 0 Å². The average molecular weight is 233 g/mol. The highest BCUT2D eigenvalue weighted by molar-refractivity contribution is 5.96. The predicted molar refractivity (Wildman–Crippen MR) is 72.3 cm³/mol. The Hall–Kier alpha value is -1.31. The Morgan fingerprint density at radius 2 is 1.82 bits per heavy atom. The van der Waals surface area contributed by atoms with E-state index < -0.39 is 0 Å². The van der Waals surface area contributed by atoms with E-state index >= 15 is 0 Å². The summed E-state index contributed by atoms with van der Waals surface area (Å²) < 4.78 is 0. The molecule has 2 heteroatoms. The van der Waals surface area contributed by atoms with Crippen LogP contribution in [-0.4, -0.2) is 22.9 Å². The van der Waals surface area contributed by atoms with Gasteiger partial charge in [0.05, 0.1) is 0 Å². The minimum Gasteiger partial charge on any atom is -0.334 e. The second-order valence-corrected chi connectivity index (χ2v) is 5.03. The van der Waals surface area contributed by atoms with Gasteiger partial charge in [-0.2, -0.15) is 0 Å². The molecule has 0 spiro atoms. The molecule has 0 radical (unpaired) electrons. The van der Waals surface area contributed by atoms with Crippen molar-refractivity contribution in [3.63, 3.8) is 0 Å². The van der Waals surface area contributed by atoms with E-state index in [9.17, 15) is 4.79 Å². The fourth-order valence-electron chi connectivity index (χ4n) is 2.00. The Bertz CT molecular complexity index is 396. The van der Waals surface area contributed by atoms with Gasteiger partial charge in [-0.25, -0.2) is 0 Å². The maximum absolute atomic E-state index is 12.5. The number of amides is 1. The molecule has 17 heavy (non-hydrogen) atoms. The Labute approximate surface area is 105 Å². The molecule has 94 valence electrons. The number of hydrogen-bond acceptors (Lipinski definition) is 1. The van der Waals surface area contributed by atoms with Gasteiger partial charge in [-0.3, -0.25) is 4.79 Å². The van der Waals surface area contributed by atoms with Gasteiger partial charge >= 0.3 is 0 Å². The zero-order valence-electron chi connectivity index (χ0n) is 11.6. The smallest absolute Gasteiger partial charge is 0.254 e. The van der Waals surface area contributed by atoms with E-state index in [-0.39, 0.29) is 11.4 Å². The molecule has 1 amide bonds. The summed E-state index contributed by atoms with van der Waals surface area (Å²) in [5, 5.41) is 0. The van der Waals surface area contributed by atoms with Gasteiger partial charge in [0.1, 0.15) is 0 Å². The van der Waals surface area contributed by atoms with Crippen LogP contribution in [0, 0.1) is 6.92 Å². The summed E-state index contributed by atoms with van der Waals surface area (Å²) >= 11 is 0. The first-order chi connectivity index (χ1) is 7.94. The molecule has 1 aromatic carbocycles. The molecule has 0 unspecified atom stereocenters. The molecule has 0 heterocycles. The molecule has 0 aliphatic heterocycles. The van der Waals surface area contributed by atoms with Crippen molar-refractivity contribution in [2.45, 2.75) is 46.6 Å². The lowest BCUT2D eigenvalue weighted by Crippen LogP contribution is -2.47. The lowest BCUT2D eigenvalue weighted by molar-refractivity contribution is 0.0556. The Morgan fingerprint density at radius 1 is 1.24 bits per heavy atom. The van der Waals surface area contributed by atoms with Gasteiger partial charge in [-0.15, -0.1) is 0 Å². The number of carbonyl (C=O) groups is 1. The van der Waals surface area contributed by atoms with E-state index in [2.05, 4.69) is 20.8 Å². The van der Waals surface area contributed by atoms with E-state index in [4.69, 9.17) is 0 Å². The normalized spacial score (nSPS) is 11.4. The lowest BCUT2D eigenvalue weighted by atomic mass is 9.97. The van der Waals surface area contributed by atoms with Crippen molar-refractivity contribution in [3.8, 4) is 0 Å². The van der Waals surface area contributed by atoms with Crippen LogP contribution >= 0.6 is 0 Å². The maximum Gasteiger partial charge on any atom is 0.254 e. The van der Waals surface area contributed by atoms with Gasteiger partial charge in [0, 0.05) is 17.6 Å². The average Bonchev–Trinajstić information content (AvgIpc) is 2.30. The molecule has 0 aliphatic carbocycles. The second kappa shape index (κ2) is 5.35. The first kappa shape index (κ1) is 13.8. The fraction of sp³-hybridized carbons (Fsp3) is 0.533. The summed E-state index contributed by atoms with van der Waals surface area (Å²) in [6.45, 7) is 11.1. The van der Waals surface area contributed by atoms with Gasteiger partial charge in [-0.1, -0.05) is 25.1 Å². The first-order valence-corrected chi connectivity index (χ1v) is 6.31. The molecule has 0 aromatic heterocycles. The number of benzene rings is 1. The molecular weight excluding hydrogens is 210 g/mol. The van der Waals surface area contributed by atoms with E-state index in [1.807, 2.05) is 43.0 Å². The molecular formula is C15H23NO. The van der Waals surface area contributed by atoms with Gasteiger partial charge in [0.25, 0.3) is 5.91 Å². The van der Waals surface area contributed by atoms with Crippen molar-refractivity contribution in [3.05, 3.63) is 35.4 Å². The molecule has 1 rings (SSSR count). The molecule has 0 bridgehead atoms. The molecule has 0 saturated carbocycles. The third-order valence-corrected chi connectivity index (χ3v) is 3.53. The minimum atomic E-state index is -0.0892. The highest BCUT2D eigenvalue weighted by Gasteiger charge is 2.28. The van der Waals surface area contributed by atoms with Crippen LogP contribution < -0.4 is 0 Å². The van der Waals surface area contributed by atoms with Crippen molar-refractivity contribution in [2.75, 3.05) is 6.54 Å². The summed E-state index contributed by atoms with van der Waals surface area (Å²) in [7, 11) is 0. The molecule has 0 N–H and O–H groups in total. The van der Waals surface area contributed by atoms with E-state index in [1.54, 1.807) is 0 Å². The summed E-state index contributed by atoms with van der Waals surface area (Å²) in [4.78, 5) is 14.5. The van der Waals surface area contributed by atoms with Crippen molar-refractivity contribution >= 4 is 5.91 Å². The van der Waals surface area contributed by atoms with Gasteiger partial charge in [-0.05, 0) is 45.7 Å². The standard InChI is InChI=1S/C15H23NO/c1-6-15(4,5)16(7-2)14(17)13-11-9-8-10-12(13)3/h8-11H,6-7H2,1-5H3. The minimum absolute atomic E-state index is 0.0892. The molecule has 1 aromatic rings. The largest absolute Gasteiger partial charge is 0.334 e. The molecule has 0 aliphatic rings. The van der Waals surface area contributed by atoms with E-state index in [0.29, 0.717) is 0 Å². The van der Waals surface area contributed by atoms with Crippen LogP contribution in [0.1, 0.15) is 50.0 Å². The van der Waals surface area contributed by atoms with E-state index in [0.717, 1.165) is 24.1 Å². The first-order valence-electron chi connectivity index (χ1n) is 6.31. The van der Waals surface area contributed by atoms with Crippen molar-refractivity contribution in [2.24, 2.45) is 0 Å². The molecule has 2 nitrogen and oxygen atoms in total. The van der Waals surface area contributed by atoms with Crippen molar-refractivity contribution in [1.82, 2.24) is 4.90 Å². The van der Waals surface area contributed by atoms with Crippen LogP contribution in [0.25, 0.3) is 0 Å². The van der Waals surface area contributed by atoms with Crippen molar-refractivity contribution < 1.29 is 4.79 Å². The number of rotatable bonds is 4. The van der Waals surface area contributed by atoms with Gasteiger partial charge in [0.15, 0.2) is 0 Å². The van der Waals surface area contributed by atoms with Crippen LogP contribution in [-0.2, 0) is 0 Å². The zero-order valence-corrected chi connectivity index (χ0v) is 11.6. The van der Waals surface area contributed by atoms with Crippen LogP contribution in [0.15, 0.2) is 24.3 Å². The number of hydrogen-bond donors (Lipinski definition) is 0. The summed E-state index contributed by atoms with van der Waals surface area (Å²) in [5.41, 5.74) is 1.77. The highest BCUT2D eigenvalue weighted by Crippen LogP contribution is 2.22. The topological polar surface area (TPSA) is 20.3 Å². The third-order valence-electron chi connectivity index (χ3n) is 3.53. The van der Waals surface area contributed by atoms with Crippen molar-refractivity contribution in [1.29, 1.82) is 0 Å². The molecule has 0 fully saturated rings. The Kier molecular flexibility index (Phi) is 4.33. The summed E-state index contributed by atoms with van der Waals surface area (Å²) in [6.07, 6.45) is 0.957. The predicted octanol–water partition coefficient (Wildman–Crippen LogP) is 3.65. The fourth-order valence-corrected chi connectivity index (χ4v) is 2.00. The summed E-state index contributed by atoms with van der Waals surface area (Å²) in [6, 6.07) is 7.78. The number of carbonyl (C=O) groups excluding carboxylic acids is 1. The SMILES string of the molecule is CCN(C(=O)c1ccccc1C)C(C)(C)CC. The number of nitrogens with zero attached hydrogens (tertiary/aromatic N) is 1. The Balaban J connectivity index is 3.07. The quantitative estimate of drug-likeness (QED) is 0.777. The summed E-state index contributed by atoms with van der Waals surface area (Å²) in [5.74, 6) is 0.137. The molecule has 0 saturated heterocycles. The monoisotopic (exact) mass is 233 g/mol. The maximum atomic E-state index is 12.5. The van der Waals surface area contributed by atoms with Crippen LogP contribution in [0.4, 0.5) is 0 Å². The highest BCUT2D eigenvalue weighted by atomic mass is 16.2. The lowest BCUT2D eigenvalue weighted by Gasteiger charge is -2.37. The number of aryl methyl sites for hydroxylation is 1. The third kappa shape index (κ3) is 2.87. The van der Waals surface area contributed by atoms with Gasteiger partial charge in [0.2, 0.25) is 0 Å². The second-order valence-electron chi connectivity index (χ2n) is 5.03. The van der Waals surface area contributed by atoms with Crippen LogP contribution in [0.5, 0.6) is 0 Å². The van der Waals surface area contributed by atoms with Gasteiger partial charge < -0.3 is 4.90 Å². The Morgan fingerprint density at radius 3 is 2.29 bits per heavy atom. The van der Waals surface area contributed by atoms with Crippen LogP contribution in [0.3, 0.4) is 0 Å². The zero-order chi connectivity index (χ0) is 13.1. The molecule has 0 atom stereocenters.